The molecule has 0 spiro atoms. The van der Waals surface area contributed by atoms with Crippen LogP contribution in [-0.4, -0.2) is 38.5 Å². The second-order valence-electron chi connectivity index (χ2n) is 5.11. The fourth-order valence-electron chi connectivity index (χ4n) is 2.72. The lowest BCUT2D eigenvalue weighted by Gasteiger charge is -2.35. The highest BCUT2D eigenvalue weighted by molar-refractivity contribution is 5.61. The third-order valence-electron chi connectivity index (χ3n) is 3.98. The van der Waals surface area contributed by atoms with Gasteiger partial charge in [-0.15, -0.1) is 0 Å². The summed E-state index contributed by atoms with van der Waals surface area (Å²) < 4.78 is 10.7. The van der Waals surface area contributed by atoms with Crippen molar-refractivity contribution in [1.82, 2.24) is 0 Å². The molecule has 0 atom stereocenters. The van der Waals surface area contributed by atoms with Crippen LogP contribution < -0.4 is 14.4 Å². The molecule has 4 heteroatoms. The molecule has 0 amide bonds. The van der Waals surface area contributed by atoms with Crippen LogP contribution in [-0.2, 0) is 0 Å². The van der Waals surface area contributed by atoms with E-state index in [4.69, 9.17) is 9.47 Å². The van der Waals surface area contributed by atoms with E-state index < -0.39 is 0 Å². The highest BCUT2D eigenvalue weighted by atomic mass is 16.5. The third kappa shape index (κ3) is 3.13. The zero-order valence-corrected chi connectivity index (χ0v) is 11.9. The van der Waals surface area contributed by atoms with E-state index in [-0.39, 0.29) is 6.10 Å². The summed E-state index contributed by atoms with van der Waals surface area (Å²) in [4.78, 5) is 2.25. The maximum Gasteiger partial charge on any atom is 0.145 e. The van der Waals surface area contributed by atoms with E-state index in [1.807, 2.05) is 18.2 Å². The van der Waals surface area contributed by atoms with Crippen molar-refractivity contribution in [3.05, 3.63) is 18.2 Å². The van der Waals surface area contributed by atoms with E-state index in [9.17, 15) is 5.11 Å². The number of rotatable bonds is 4. The number of anilines is 1. The van der Waals surface area contributed by atoms with E-state index in [0.29, 0.717) is 6.04 Å². The molecule has 0 saturated heterocycles. The maximum atomic E-state index is 9.59. The van der Waals surface area contributed by atoms with Crippen LogP contribution in [0.5, 0.6) is 11.5 Å². The van der Waals surface area contributed by atoms with Crippen LogP contribution in [0.3, 0.4) is 0 Å². The summed E-state index contributed by atoms with van der Waals surface area (Å²) in [5, 5.41) is 9.59. The monoisotopic (exact) mass is 265 g/mol. The summed E-state index contributed by atoms with van der Waals surface area (Å²) in [6.45, 7) is 0. The zero-order valence-electron chi connectivity index (χ0n) is 11.9. The fourth-order valence-corrected chi connectivity index (χ4v) is 2.72. The van der Waals surface area contributed by atoms with E-state index in [1.54, 1.807) is 14.2 Å². The fraction of sp³-hybridized carbons (Fsp3) is 0.600. The van der Waals surface area contributed by atoms with Gasteiger partial charge in [0.25, 0.3) is 0 Å². The van der Waals surface area contributed by atoms with Gasteiger partial charge in [0.2, 0.25) is 0 Å². The summed E-state index contributed by atoms with van der Waals surface area (Å²) in [6.07, 6.45) is 3.68. The van der Waals surface area contributed by atoms with Gasteiger partial charge >= 0.3 is 0 Å². The molecule has 1 fully saturated rings. The van der Waals surface area contributed by atoms with Crippen LogP contribution in [0.2, 0.25) is 0 Å². The first-order valence-corrected chi connectivity index (χ1v) is 6.78. The molecule has 1 aromatic rings. The molecule has 0 unspecified atom stereocenters. The first-order valence-electron chi connectivity index (χ1n) is 6.78. The summed E-state index contributed by atoms with van der Waals surface area (Å²) in [5.74, 6) is 1.63. The van der Waals surface area contributed by atoms with Crippen LogP contribution in [0.15, 0.2) is 18.2 Å². The molecule has 1 N–H and O–H groups in total. The average Bonchev–Trinajstić information content (AvgIpc) is 2.46. The van der Waals surface area contributed by atoms with Crippen molar-refractivity contribution in [3.8, 4) is 11.5 Å². The van der Waals surface area contributed by atoms with Gasteiger partial charge in [0.05, 0.1) is 26.0 Å². The molecule has 0 heterocycles. The number of methoxy groups -OCH3 is 2. The molecule has 1 aliphatic rings. The Morgan fingerprint density at radius 2 is 1.79 bits per heavy atom. The molecule has 1 aliphatic carbocycles. The second-order valence-corrected chi connectivity index (χ2v) is 5.11. The summed E-state index contributed by atoms with van der Waals surface area (Å²) in [5.41, 5.74) is 1.07. The average molecular weight is 265 g/mol. The van der Waals surface area contributed by atoms with Gasteiger partial charge in [-0.05, 0) is 37.8 Å². The van der Waals surface area contributed by atoms with Crippen LogP contribution >= 0.6 is 0 Å². The van der Waals surface area contributed by atoms with Gasteiger partial charge in [0, 0.05) is 19.2 Å². The molecule has 1 aromatic carbocycles. The molecule has 0 aromatic heterocycles. The van der Waals surface area contributed by atoms with Crippen molar-refractivity contribution >= 4 is 5.69 Å². The van der Waals surface area contributed by atoms with Crippen molar-refractivity contribution < 1.29 is 14.6 Å². The van der Waals surface area contributed by atoms with Crippen molar-refractivity contribution in [2.75, 3.05) is 26.2 Å². The standard InChI is InChI=1S/C15H23NO3/c1-16(11-4-6-12(17)7-5-11)14-9-8-13(18-2)10-15(14)19-3/h8-12,17H,4-7H2,1-3H3. The molecular weight excluding hydrogens is 242 g/mol. The second kappa shape index (κ2) is 6.15. The largest absolute Gasteiger partial charge is 0.497 e. The van der Waals surface area contributed by atoms with Crippen LogP contribution in [0.1, 0.15) is 25.7 Å². The molecule has 0 aliphatic heterocycles. The Balaban J connectivity index is 2.16. The summed E-state index contributed by atoms with van der Waals surface area (Å²) in [6, 6.07) is 6.35. The lowest BCUT2D eigenvalue weighted by molar-refractivity contribution is 0.122. The summed E-state index contributed by atoms with van der Waals surface area (Å²) >= 11 is 0. The van der Waals surface area contributed by atoms with Crippen molar-refractivity contribution in [2.45, 2.75) is 37.8 Å². The SMILES string of the molecule is COc1ccc(N(C)C2CCC(O)CC2)c(OC)c1. The molecule has 1 saturated carbocycles. The Morgan fingerprint density at radius 1 is 1.11 bits per heavy atom. The predicted molar refractivity (Wildman–Crippen MR) is 76.2 cm³/mol. The Morgan fingerprint density at radius 3 is 2.37 bits per heavy atom. The smallest absolute Gasteiger partial charge is 0.145 e. The van der Waals surface area contributed by atoms with Crippen molar-refractivity contribution in [3.63, 3.8) is 0 Å². The molecule has 2 rings (SSSR count). The minimum absolute atomic E-state index is 0.123. The number of aliphatic hydroxyl groups is 1. The van der Waals surface area contributed by atoms with Gasteiger partial charge in [0.15, 0.2) is 0 Å². The molecule has 0 radical (unpaired) electrons. The van der Waals surface area contributed by atoms with E-state index in [1.165, 1.54) is 0 Å². The molecule has 4 nitrogen and oxygen atoms in total. The number of hydrogen-bond acceptors (Lipinski definition) is 4. The molecule has 19 heavy (non-hydrogen) atoms. The van der Waals surface area contributed by atoms with Crippen LogP contribution in [0, 0.1) is 0 Å². The minimum atomic E-state index is -0.123. The quantitative estimate of drug-likeness (QED) is 0.908. The van der Waals surface area contributed by atoms with Crippen LogP contribution in [0.25, 0.3) is 0 Å². The predicted octanol–water partition coefficient (Wildman–Crippen LogP) is 2.44. The highest BCUT2D eigenvalue weighted by Crippen LogP contribution is 2.35. The Bertz CT molecular complexity index is 414. The van der Waals surface area contributed by atoms with Gasteiger partial charge in [0.1, 0.15) is 11.5 Å². The molecule has 0 bridgehead atoms. The first kappa shape index (κ1) is 14.0. The number of aliphatic hydroxyl groups excluding tert-OH is 1. The van der Waals surface area contributed by atoms with Gasteiger partial charge in [-0.25, -0.2) is 0 Å². The minimum Gasteiger partial charge on any atom is -0.497 e. The highest BCUT2D eigenvalue weighted by Gasteiger charge is 2.24. The lowest BCUT2D eigenvalue weighted by atomic mass is 9.92. The number of nitrogens with zero attached hydrogens (tertiary/aromatic N) is 1. The Labute approximate surface area is 114 Å². The van der Waals surface area contributed by atoms with Crippen molar-refractivity contribution in [2.24, 2.45) is 0 Å². The van der Waals surface area contributed by atoms with Crippen molar-refractivity contribution in [1.29, 1.82) is 0 Å². The normalized spacial score (nSPS) is 22.9. The van der Waals surface area contributed by atoms with Gasteiger partial charge < -0.3 is 19.5 Å². The van der Waals surface area contributed by atoms with E-state index >= 15 is 0 Å². The zero-order chi connectivity index (χ0) is 13.8. The number of hydrogen-bond donors (Lipinski definition) is 1. The topological polar surface area (TPSA) is 41.9 Å². The van der Waals surface area contributed by atoms with Gasteiger partial charge in [-0.2, -0.15) is 0 Å². The number of ether oxygens (including phenoxy) is 2. The molecular formula is C15H23NO3. The van der Waals surface area contributed by atoms with Gasteiger partial charge in [-0.3, -0.25) is 0 Å². The Hall–Kier alpha value is -1.42. The van der Waals surface area contributed by atoms with Crippen LogP contribution in [0.4, 0.5) is 5.69 Å². The first-order chi connectivity index (χ1) is 9.15. The van der Waals surface area contributed by atoms with E-state index in [2.05, 4.69) is 11.9 Å². The maximum absolute atomic E-state index is 9.59. The lowest BCUT2D eigenvalue weighted by Crippen LogP contribution is -2.36. The molecule has 106 valence electrons. The van der Waals surface area contributed by atoms with Gasteiger partial charge in [-0.1, -0.05) is 0 Å². The Kier molecular flexibility index (Phi) is 4.53. The van der Waals surface area contributed by atoms with E-state index in [0.717, 1.165) is 42.9 Å². The third-order valence-corrected chi connectivity index (χ3v) is 3.98. The number of benzene rings is 1. The summed E-state index contributed by atoms with van der Waals surface area (Å²) in [7, 11) is 5.42.